The Bertz CT molecular complexity index is 479. The van der Waals surface area contributed by atoms with Gasteiger partial charge in [0.05, 0.1) is 5.69 Å². The van der Waals surface area contributed by atoms with Crippen molar-refractivity contribution in [3.63, 3.8) is 0 Å². The third-order valence-electron chi connectivity index (χ3n) is 2.02. The topological polar surface area (TPSA) is 26.0 Å². The number of thiol groups is 1. The lowest BCUT2D eigenvalue weighted by atomic mass is 10.1. The van der Waals surface area contributed by atoms with Crippen molar-refractivity contribution in [1.29, 1.82) is 0 Å². The fourth-order valence-corrected chi connectivity index (χ4v) is 2.56. The maximum atomic E-state index is 12.5. The number of nitrogens with two attached hydrogens (primary N) is 1. The van der Waals surface area contributed by atoms with Gasteiger partial charge in [0.25, 0.3) is 6.43 Å². The maximum Gasteiger partial charge on any atom is 0.265 e. The van der Waals surface area contributed by atoms with E-state index < -0.39 is 6.43 Å². The summed E-state index contributed by atoms with van der Waals surface area (Å²) in [6, 6.07) is 3.20. The van der Waals surface area contributed by atoms with Crippen molar-refractivity contribution in [3.05, 3.63) is 23.1 Å². The molecule has 0 saturated carbocycles. The number of hydrogen-bond donors (Lipinski definition) is 2. The molecule has 0 radical (unpaired) electrons. The lowest BCUT2D eigenvalue weighted by molar-refractivity contribution is 0.152. The third kappa shape index (κ3) is 1.36. The molecule has 5 heteroatoms. The average molecular weight is 231 g/mol. The van der Waals surface area contributed by atoms with Crippen LogP contribution in [0.5, 0.6) is 0 Å². The first kappa shape index (κ1) is 9.73. The number of benzene rings is 1. The summed E-state index contributed by atoms with van der Waals surface area (Å²) in [7, 11) is 0. The van der Waals surface area contributed by atoms with Gasteiger partial charge in [0.15, 0.2) is 0 Å². The third-order valence-corrected chi connectivity index (χ3v) is 3.59. The first-order valence-electron chi connectivity index (χ1n) is 3.88. The highest BCUT2D eigenvalue weighted by Gasteiger charge is 2.16. The number of alkyl halides is 2. The van der Waals surface area contributed by atoms with E-state index in [9.17, 15) is 8.78 Å². The number of fused-ring (bicyclic) bond motifs is 1. The van der Waals surface area contributed by atoms with Gasteiger partial charge in [0, 0.05) is 15.2 Å². The van der Waals surface area contributed by atoms with Crippen molar-refractivity contribution in [2.24, 2.45) is 0 Å². The minimum absolute atomic E-state index is 0.0817. The molecule has 0 fully saturated rings. The minimum atomic E-state index is -2.55. The highest BCUT2D eigenvalue weighted by molar-refractivity contribution is 7.81. The minimum Gasteiger partial charge on any atom is -0.397 e. The molecular formula is C9H7F2NS2. The quantitative estimate of drug-likeness (QED) is 0.568. The van der Waals surface area contributed by atoms with Crippen molar-refractivity contribution >= 4 is 39.7 Å². The molecule has 14 heavy (non-hydrogen) atoms. The Morgan fingerprint density at radius 2 is 2.14 bits per heavy atom. The van der Waals surface area contributed by atoms with Crippen molar-refractivity contribution in [3.8, 4) is 0 Å². The van der Waals surface area contributed by atoms with Crippen LogP contribution in [-0.4, -0.2) is 0 Å². The van der Waals surface area contributed by atoms with E-state index in [0.717, 1.165) is 10.1 Å². The van der Waals surface area contributed by atoms with Crippen LogP contribution >= 0.6 is 24.0 Å². The van der Waals surface area contributed by atoms with Crippen molar-refractivity contribution in [1.82, 2.24) is 0 Å². The summed E-state index contributed by atoms with van der Waals surface area (Å²) in [6.45, 7) is 0. The molecule has 0 unspecified atom stereocenters. The first-order valence-corrected chi connectivity index (χ1v) is 5.20. The first-order chi connectivity index (χ1) is 6.61. The van der Waals surface area contributed by atoms with Crippen LogP contribution in [0.1, 0.15) is 12.0 Å². The normalized spacial score (nSPS) is 11.4. The molecule has 0 atom stereocenters. The molecule has 74 valence electrons. The van der Waals surface area contributed by atoms with Gasteiger partial charge in [-0.25, -0.2) is 8.78 Å². The molecule has 0 aliphatic carbocycles. The molecule has 0 saturated heterocycles. The smallest absolute Gasteiger partial charge is 0.265 e. The predicted molar refractivity (Wildman–Crippen MR) is 58.4 cm³/mol. The largest absolute Gasteiger partial charge is 0.397 e. The van der Waals surface area contributed by atoms with Gasteiger partial charge < -0.3 is 5.73 Å². The van der Waals surface area contributed by atoms with Gasteiger partial charge in [-0.1, -0.05) is 0 Å². The Labute approximate surface area is 88.9 Å². The highest BCUT2D eigenvalue weighted by Crippen LogP contribution is 2.38. The van der Waals surface area contributed by atoms with Crippen LogP contribution in [-0.2, 0) is 0 Å². The van der Waals surface area contributed by atoms with E-state index in [0.29, 0.717) is 4.90 Å². The van der Waals surface area contributed by atoms with Gasteiger partial charge >= 0.3 is 0 Å². The molecule has 2 aromatic rings. The van der Waals surface area contributed by atoms with Gasteiger partial charge in [0.1, 0.15) is 0 Å². The summed E-state index contributed by atoms with van der Waals surface area (Å²) in [6.07, 6.45) is -2.55. The molecule has 0 aliphatic rings. The SMILES string of the molecule is Nc1c(C(F)F)cc2ccsc2c1S. The average Bonchev–Trinajstić information content (AvgIpc) is 2.58. The molecule has 2 rings (SSSR count). The summed E-state index contributed by atoms with van der Waals surface area (Å²) in [5.74, 6) is 0. The van der Waals surface area contributed by atoms with Gasteiger partial charge in [-0.2, -0.15) is 0 Å². The van der Waals surface area contributed by atoms with Crippen LogP contribution in [0.25, 0.3) is 10.1 Å². The zero-order valence-electron chi connectivity index (χ0n) is 7.00. The zero-order chi connectivity index (χ0) is 10.3. The van der Waals surface area contributed by atoms with Crippen molar-refractivity contribution < 1.29 is 8.78 Å². The van der Waals surface area contributed by atoms with E-state index in [1.807, 2.05) is 5.38 Å². The number of anilines is 1. The van der Waals surface area contributed by atoms with Crippen LogP contribution < -0.4 is 5.73 Å². The fraction of sp³-hybridized carbons (Fsp3) is 0.111. The Hall–Kier alpha value is -0.810. The number of nitrogen functional groups attached to an aromatic ring is 1. The van der Waals surface area contributed by atoms with E-state index in [2.05, 4.69) is 12.6 Å². The number of rotatable bonds is 1. The summed E-state index contributed by atoms with van der Waals surface area (Å²) in [4.78, 5) is 0.452. The lowest BCUT2D eigenvalue weighted by Gasteiger charge is -2.07. The monoisotopic (exact) mass is 231 g/mol. The van der Waals surface area contributed by atoms with E-state index in [1.165, 1.54) is 17.4 Å². The summed E-state index contributed by atoms with van der Waals surface area (Å²) in [5.41, 5.74) is 5.50. The Morgan fingerprint density at radius 1 is 1.43 bits per heavy atom. The Balaban J connectivity index is 2.80. The van der Waals surface area contributed by atoms with Crippen LogP contribution in [0.2, 0.25) is 0 Å². The number of halogens is 2. The molecule has 1 heterocycles. The van der Waals surface area contributed by atoms with Gasteiger partial charge in [-0.05, 0) is 22.9 Å². The van der Waals surface area contributed by atoms with E-state index in [1.54, 1.807) is 6.07 Å². The molecule has 1 nitrogen and oxygen atoms in total. The molecular weight excluding hydrogens is 224 g/mol. The Kier molecular flexibility index (Phi) is 2.36. The van der Waals surface area contributed by atoms with E-state index in [-0.39, 0.29) is 11.3 Å². The summed E-state index contributed by atoms with van der Waals surface area (Å²) >= 11 is 5.59. The van der Waals surface area contributed by atoms with Gasteiger partial charge in [0.2, 0.25) is 0 Å². The summed E-state index contributed by atoms with van der Waals surface area (Å²) in [5, 5.41) is 2.60. The summed E-state index contributed by atoms with van der Waals surface area (Å²) < 4.78 is 25.9. The van der Waals surface area contributed by atoms with Crippen LogP contribution in [0, 0.1) is 0 Å². The number of hydrogen-bond acceptors (Lipinski definition) is 3. The van der Waals surface area contributed by atoms with Crippen molar-refractivity contribution in [2.45, 2.75) is 11.3 Å². The predicted octanol–water partition coefficient (Wildman–Crippen LogP) is 3.71. The van der Waals surface area contributed by atoms with Crippen LogP contribution in [0.3, 0.4) is 0 Å². The van der Waals surface area contributed by atoms with Crippen molar-refractivity contribution in [2.75, 3.05) is 5.73 Å². The maximum absolute atomic E-state index is 12.5. The second-order valence-corrected chi connectivity index (χ2v) is 4.23. The fourth-order valence-electron chi connectivity index (χ4n) is 1.31. The molecule has 0 bridgehead atoms. The van der Waals surface area contributed by atoms with E-state index in [4.69, 9.17) is 5.73 Å². The number of thiophene rings is 1. The molecule has 2 N–H and O–H groups in total. The second-order valence-electron chi connectivity index (χ2n) is 2.87. The van der Waals surface area contributed by atoms with Gasteiger partial charge in [-0.15, -0.1) is 24.0 Å². The molecule has 0 spiro atoms. The molecule has 1 aromatic carbocycles. The van der Waals surface area contributed by atoms with Gasteiger partial charge in [-0.3, -0.25) is 0 Å². The van der Waals surface area contributed by atoms with Crippen LogP contribution in [0.15, 0.2) is 22.4 Å². The Morgan fingerprint density at radius 3 is 2.79 bits per heavy atom. The van der Waals surface area contributed by atoms with E-state index >= 15 is 0 Å². The molecule has 0 aliphatic heterocycles. The van der Waals surface area contributed by atoms with Crippen LogP contribution in [0.4, 0.5) is 14.5 Å². The lowest BCUT2D eigenvalue weighted by Crippen LogP contribution is -1.96. The molecule has 1 aromatic heterocycles. The molecule has 0 amide bonds. The zero-order valence-corrected chi connectivity index (χ0v) is 8.71. The highest BCUT2D eigenvalue weighted by atomic mass is 32.1. The standard InChI is InChI=1S/C9H7F2NS2/c10-9(11)5-3-4-1-2-14-8(4)7(13)6(5)12/h1-3,9,13H,12H2. The second kappa shape index (κ2) is 3.40.